The molecule has 32 heavy (non-hydrogen) atoms. The van der Waals surface area contributed by atoms with Crippen LogP contribution in [0.5, 0.6) is 0 Å². The average molecular weight is 432 g/mol. The maximum absolute atomic E-state index is 14.6. The number of piperidine rings is 1. The van der Waals surface area contributed by atoms with E-state index in [0.29, 0.717) is 17.8 Å². The molecule has 0 bridgehead atoms. The molecule has 6 rings (SSSR count). The van der Waals surface area contributed by atoms with Crippen LogP contribution in [-0.4, -0.2) is 46.5 Å². The third-order valence-corrected chi connectivity index (χ3v) is 7.27. The first-order valence-electron chi connectivity index (χ1n) is 11.2. The van der Waals surface area contributed by atoms with E-state index in [4.69, 9.17) is 15.7 Å². The van der Waals surface area contributed by atoms with Gasteiger partial charge in [-0.1, -0.05) is 12.1 Å². The van der Waals surface area contributed by atoms with Crippen LogP contribution in [0.25, 0.3) is 16.8 Å². The molecule has 0 unspecified atom stereocenters. The Morgan fingerprint density at radius 3 is 2.81 bits per heavy atom. The van der Waals surface area contributed by atoms with E-state index in [0.717, 1.165) is 60.8 Å². The minimum Gasteiger partial charge on any atom is -0.322 e. The van der Waals surface area contributed by atoms with E-state index in [9.17, 15) is 4.39 Å². The van der Waals surface area contributed by atoms with Crippen molar-refractivity contribution < 1.29 is 4.39 Å². The van der Waals surface area contributed by atoms with Gasteiger partial charge >= 0.3 is 0 Å². The zero-order valence-corrected chi connectivity index (χ0v) is 18.1. The van der Waals surface area contributed by atoms with Crippen molar-refractivity contribution in [3.05, 3.63) is 59.4 Å². The van der Waals surface area contributed by atoms with Gasteiger partial charge in [0.2, 0.25) is 0 Å². The van der Waals surface area contributed by atoms with Gasteiger partial charge in [-0.25, -0.2) is 13.9 Å². The van der Waals surface area contributed by atoms with Crippen LogP contribution < -0.4 is 16.0 Å². The predicted octanol–water partition coefficient (Wildman–Crippen LogP) is 3.05. The minimum absolute atomic E-state index is 0.0501. The summed E-state index contributed by atoms with van der Waals surface area (Å²) >= 11 is 0. The summed E-state index contributed by atoms with van der Waals surface area (Å²) in [6, 6.07) is 8.63. The maximum Gasteiger partial charge on any atom is 0.159 e. The summed E-state index contributed by atoms with van der Waals surface area (Å²) in [6.45, 7) is 4.51. The molecule has 7 nitrogen and oxygen atoms in total. The quantitative estimate of drug-likeness (QED) is 0.652. The number of aryl methyl sites for hydroxylation is 1. The summed E-state index contributed by atoms with van der Waals surface area (Å²) in [5.74, 6) is 0.531. The van der Waals surface area contributed by atoms with Crippen LogP contribution in [0, 0.1) is 18.2 Å². The smallest absolute Gasteiger partial charge is 0.159 e. The number of nitrogens with two attached hydrogens (primary N) is 1. The molecule has 3 N–H and O–H groups in total. The van der Waals surface area contributed by atoms with Gasteiger partial charge in [-0.15, -0.1) is 0 Å². The molecule has 3 aliphatic rings. The second-order valence-electron chi connectivity index (χ2n) is 9.00. The normalized spacial score (nSPS) is 22.2. The van der Waals surface area contributed by atoms with Crippen molar-refractivity contribution in [2.45, 2.75) is 32.2 Å². The van der Waals surface area contributed by atoms with E-state index in [1.54, 1.807) is 22.8 Å². The summed E-state index contributed by atoms with van der Waals surface area (Å²) in [5, 5.41) is 7.99. The zero-order chi connectivity index (χ0) is 21.9. The largest absolute Gasteiger partial charge is 0.322 e. The number of nitrogens with one attached hydrogen (secondary N) is 1. The maximum atomic E-state index is 14.6. The van der Waals surface area contributed by atoms with Gasteiger partial charge in [-0.05, 0) is 62.9 Å². The molecule has 0 radical (unpaired) electrons. The fourth-order valence-electron chi connectivity index (χ4n) is 5.58. The molecule has 0 saturated carbocycles. The molecule has 3 aromatic rings. The zero-order valence-electron chi connectivity index (χ0n) is 18.1. The highest BCUT2D eigenvalue weighted by Gasteiger charge is 2.48. The Morgan fingerprint density at radius 2 is 2.00 bits per heavy atom. The summed E-state index contributed by atoms with van der Waals surface area (Å²) in [5.41, 5.74) is 11.7. The van der Waals surface area contributed by atoms with Gasteiger partial charge in [0, 0.05) is 17.5 Å². The molecule has 0 amide bonds. The molecule has 1 fully saturated rings. The highest BCUT2D eigenvalue weighted by atomic mass is 19.1. The molecule has 1 aliphatic carbocycles. The molecule has 8 heteroatoms. The number of aliphatic imine (C=N–C) groups is 1. The molecule has 164 valence electrons. The van der Waals surface area contributed by atoms with Gasteiger partial charge < -0.3 is 16.0 Å². The first kappa shape index (κ1) is 19.6. The van der Waals surface area contributed by atoms with Crippen molar-refractivity contribution in [3.8, 4) is 11.3 Å². The second kappa shape index (κ2) is 7.21. The number of hydrogen-bond donors (Lipinski definition) is 2. The lowest BCUT2D eigenvalue weighted by molar-refractivity contribution is 0.188. The lowest BCUT2D eigenvalue weighted by Crippen LogP contribution is -2.46. The third-order valence-electron chi connectivity index (χ3n) is 7.27. The molecular weight excluding hydrogens is 405 g/mol. The van der Waals surface area contributed by atoms with Crippen molar-refractivity contribution in [1.82, 2.24) is 19.9 Å². The fourth-order valence-corrected chi connectivity index (χ4v) is 5.58. The molecule has 1 saturated heterocycles. The van der Waals surface area contributed by atoms with Gasteiger partial charge in [-0.2, -0.15) is 5.10 Å². The van der Waals surface area contributed by atoms with Gasteiger partial charge in [-0.3, -0.25) is 4.99 Å². The minimum atomic E-state index is -0.285. The van der Waals surface area contributed by atoms with Crippen LogP contribution in [-0.2, 0) is 0 Å². The monoisotopic (exact) mass is 431 g/mol. The molecule has 1 spiro atoms. The molecule has 4 heterocycles. The number of rotatable bonds is 2. The first-order chi connectivity index (χ1) is 15.6. The van der Waals surface area contributed by atoms with E-state index in [-0.39, 0.29) is 17.3 Å². The van der Waals surface area contributed by atoms with Gasteiger partial charge in [0.05, 0.1) is 35.9 Å². The predicted molar refractivity (Wildman–Crippen MR) is 123 cm³/mol. The molecule has 1 aromatic carbocycles. The Bertz CT molecular complexity index is 1270. The highest BCUT2D eigenvalue weighted by molar-refractivity contribution is 5.81. The Morgan fingerprint density at radius 1 is 1.19 bits per heavy atom. The van der Waals surface area contributed by atoms with Crippen molar-refractivity contribution >= 4 is 17.5 Å². The number of hydrogen-bond acceptors (Lipinski definition) is 6. The van der Waals surface area contributed by atoms with Crippen LogP contribution in [0.3, 0.4) is 0 Å². The number of fused-ring (bicyclic) bond motifs is 1. The number of nitrogens with zero attached hydrogens (tertiary/aromatic N) is 5. The van der Waals surface area contributed by atoms with E-state index in [1.807, 2.05) is 25.3 Å². The van der Waals surface area contributed by atoms with Gasteiger partial charge in [0.25, 0.3) is 0 Å². The van der Waals surface area contributed by atoms with Gasteiger partial charge in [0.15, 0.2) is 5.82 Å². The lowest BCUT2D eigenvalue weighted by Gasteiger charge is -2.38. The molecule has 2 aliphatic heterocycles. The Kier molecular flexibility index (Phi) is 4.41. The van der Waals surface area contributed by atoms with Crippen molar-refractivity contribution in [1.29, 1.82) is 0 Å². The lowest BCUT2D eigenvalue weighted by atomic mass is 9.73. The number of halogens is 1. The Hall–Kier alpha value is -3.10. The van der Waals surface area contributed by atoms with E-state index in [2.05, 4.69) is 15.3 Å². The van der Waals surface area contributed by atoms with Crippen LogP contribution in [0.1, 0.15) is 25.0 Å². The second-order valence-corrected chi connectivity index (χ2v) is 9.00. The standard InChI is InChI=1S/C24H26FN7/c1-15-21(16-4-2-3-5-17(16)25)32-18(6-9-29-32)23(30-15)31-13-12-28-20-19(31)14-24(22(20)26)7-10-27-11-8-24/h2-6,9,12,22,27H,7-8,10-11,13-14,26H2,1H3/t22-/m1/s1. The average Bonchev–Trinajstić information content (AvgIpc) is 3.39. The fraction of sp³-hybridized carbons (Fsp3) is 0.375. The van der Waals surface area contributed by atoms with Crippen LogP contribution >= 0.6 is 0 Å². The number of aromatic nitrogens is 3. The van der Waals surface area contributed by atoms with E-state index in [1.165, 1.54) is 6.07 Å². The first-order valence-corrected chi connectivity index (χ1v) is 11.2. The van der Waals surface area contributed by atoms with Crippen molar-refractivity contribution in [3.63, 3.8) is 0 Å². The number of benzene rings is 1. The number of anilines is 1. The Balaban J connectivity index is 1.48. The SMILES string of the molecule is Cc1nc(N2CC=NC3=C2CC2(CCNCC2)[C@@H]3N)c2ccnn2c1-c1ccccc1F. The van der Waals surface area contributed by atoms with Crippen LogP contribution in [0.4, 0.5) is 10.2 Å². The topological polar surface area (TPSA) is 83.8 Å². The summed E-state index contributed by atoms with van der Waals surface area (Å²) < 4.78 is 16.4. The molecule has 1 atom stereocenters. The molecule has 2 aromatic heterocycles. The van der Waals surface area contributed by atoms with E-state index >= 15 is 0 Å². The van der Waals surface area contributed by atoms with Crippen molar-refractivity contribution in [2.75, 3.05) is 24.5 Å². The number of allylic oxidation sites excluding steroid dienone is 1. The summed E-state index contributed by atoms with van der Waals surface area (Å²) in [6.07, 6.45) is 6.66. The van der Waals surface area contributed by atoms with Crippen LogP contribution in [0.15, 0.2) is 52.9 Å². The highest BCUT2D eigenvalue weighted by Crippen LogP contribution is 2.50. The van der Waals surface area contributed by atoms with E-state index < -0.39 is 0 Å². The Labute approximate surface area is 185 Å². The third kappa shape index (κ3) is 2.76. The summed E-state index contributed by atoms with van der Waals surface area (Å²) in [7, 11) is 0. The van der Waals surface area contributed by atoms with Crippen molar-refractivity contribution in [2.24, 2.45) is 16.1 Å². The summed E-state index contributed by atoms with van der Waals surface area (Å²) in [4.78, 5) is 11.9. The van der Waals surface area contributed by atoms with Crippen LogP contribution in [0.2, 0.25) is 0 Å². The van der Waals surface area contributed by atoms with Gasteiger partial charge in [0.1, 0.15) is 11.3 Å². The molecular formula is C24H26FN7.